The SMILES string of the molecule is CCOc1ccc(CCCNC(=O)CN(c2ccccc2OCC)S(C)(=O)=O)cc1. The third-order valence-electron chi connectivity index (χ3n) is 4.32. The second-order valence-corrected chi connectivity index (χ2v) is 8.61. The molecular weight excluding hydrogens is 404 g/mol. The molecule has 0 saturated heterocycles. The molecule has 0 spiro atoms. The van der Waals surface area contributed by atoms with E-state index in [0.717, 1.165) is 34.7 Å². The van der Waals surface area contributed by atoms with Crippen LogP contribution in [0.3, 0.4) is 0 Å². The summed E-state index contributed by atoms with van der Waals surface area (Å²) in [6.07, 6.45) is 2.62. The van der Waals surface area contributed by atoms with Gasteiger partial charge in [-0.1, -0.05) is 24.3 Å². The molecule has 30 heavy (non-hydrogen) atoms. The second kappa shape index (κ2) is 11.4. The fraction of sp³-hybridized carbons (Fsp3) is 0.409. The number of para-hydroxylation sites is 2. The van der Waals surface area contributed by atoms with Crippen molar-refractivity contribution in [2.24, 2.45) is 0 Å². The summed E-state index contributed by atoms with van der Waals surface area (Å²) in [6.45, 7) is 4.94. The zero-order chi connectivity index (χ0) is 22.0. The van der Waals surface area contributed by atoms with Crippen LogP contribution in [0.5, 0.6) is 11.5 Å². The van der Waals surface area contributed by atoms with Gasteiger partial charge in [0.2, 0.25) is 15.9 Å². The predicted molar refractivity (Wildman–Crippen MR) is 119 cm³/mol. The van der Waals surface area contributed by atoms with Crippen molar-refractivity contribution in [1.82, 2.24) is 5.32 Å². The third kappa shape index (κ3) is 7.26. The minimum Gasteiger partial charge on any atom is -0.494 e. The number of aryl methyl sites for hydroxylation is 1. The van der Waals surface area contributed by atoms with Gasteiger partial charge in [-0.2, -0.15) is 0 Å². The number of nitrogens with zero attached hydrogens (tertiary/aromatic N) is 1. The molecule has 164 valence electrons. The van der Waals surface area contributed by atoms with Gasteiger partial charge in [-0.3, -0.25) is 9.10 Å². The molecule has 0 unspecified atom stereocenters. The molecule has 8 heteroatoms. The summed E-state index contributed by atoms with van der Waals surface area (Å²) in [6, 6.07) is 14.7. The van der Waals surface area contributed by atoms with Crippen LogP contribution < -0.4 is 19.1 Å². The highest BCUT2D eigenvalue weighted by atomic mass is 32.2. The first-order chi connectivity index (χ1) is 14.3. The quantitative estimate of drug-likeness (QED) is 0.519. The summed E-state index contributed by atoms with van der Waals surface area (Å²) in [5.74, 6) is 0.898. The van der Waals surface area contributed by atoms with Gasteiger partial charge < -0.3 is 14.8 Å². The lowest BCUT2D eigenvalue weighted by atomic mass is 10.1. The molecule has 0 atom stereocenters. The van der Waals surface area contributed by atoms with Gasteiger partial charge in [-0.15, -0.1) is 0 Å². The Bertz CT molecular complexity index is 913. The number of hydrogen-bond acceptors (Lipinski definition) is 5. The van der Waals surface area contributed by atoms with Crippen molar-refractivity contribution < 1.29 is 22.7 Å². The Balaban J connectivity index is 1.91. The molecule has 0 heterocycles. The van der Waals surface area contributed by atoms with E-state index >= 15 is 0 Å². The van der Waals surface area contributed by atoms with Crippen molar-refractivity contribution in [3.8, 4) is 11.5 Å². The van der Waals surface area contributed by atoms with Crippen LogP contribution in [0.15, 0.2) is 48.5 Å². The minimum atomic E-state index is -3.66. The van der Waals surface area contributed by atoms with Crippen molar-refractivity contribution in [1.29, 1.82) is 0 Å². The number of anilines is 1. The number of carbonyl (C=O) groups is 1. The zero-order valence-corrected chi connectivity index (χ0v) is 18.6. The topological polar surface area (TPSA) is 84.9 Å². The molecular formula is C22H30N2O5S. The van der Waals surface area contributed by atoms with Gasteiger partial charge in [0, 0.05) is 6.54 Å². The van der Waals surface area contributed by atoms with Crippen LogP contribution in [0.1, 0.15) is 25.8 Å². The molecule has 0 bridgehead atoms. The fourth-order valence-electron chi connectivity index (χ4n) is 2.95. The number of ether oxygens (including phenoxy) is 2. The lowest BCUT2D eigenvalue weighted by Gasteiger charge is -2.24. The average molecular weight is 435 g/mol. The Morgan fingerprint density at radius 3 is 2.30 bits per heavy atom. The molecule has 0 saturated carbocycles. The molecule has 0 aromatic heterocycles. The number of rotatable bonds is 12. The predicted octanol–water partition coefficient (Wildman–Crippen LogP) is 3.00. The first-order valence-corrected chi connectivity index (χ1v) is 11.9. The van der Waals surface area contributed by atoms with E-state index in [0.29, 0.717) is 31.2 Å². The van der Waals surface area contributed by atoms with Gasteiger partial charge in [-0.05, 0) is 56.5 Å². The molecule has 7 nitrogen and oxygen atoms in total. The molecule has 2 aromatic carbocycles. The van der Waals surface area contributed by atoms with Crippen LogP contribution >= 0.6 is 0 Å². The number of nitrogens with one attached hydrogen (secondary N) is 1. The lowest BCUT2D eigenvalue weighted by molar-refractivity contribution is -0.119. The van der Waals surface area contributed by atoms with Gasteiger partial charge in [-0.25, -0.2) is 8.42 Å². The third-order valence-corrected chi connectivity index (χ3v) is 5.45. The van der Waals surface area contributed by atoms with E-state index in [2.05, 4.69) is 5.32 Å². The zero-order valence-electron chi connectivity index (χ0n) is 17.8. The van der Waals surface area contributed by atoms with E-state index in [1.165, 1.54) is 0 Å². The van der Waals surface area contributed by atoms with Crippen LogP contribution in [0, 0.1) is 0 Å². The van der Waals surface area contributed by atoms with Crippen molar-refractivity contribution in [2.45, 2.75) is 26.7 Å². The van der Waals surface area contributed by atoms with Crippen LogP contribution in [-0.4, -0.2) is 46.9 Å². The Labute approximate surface area is 179 Å². The number of hydrogen-bond donors (Lipinski definition) is 1. The standard InChI is InChI=1S/C22H30N2O5S/c1-4-28-19-14-12-18(13-15-19)9-8-16-23-22(25)17-24(30(3,26)27)20-10-6-7-11-21(20)29-5-2/h6-7,10-15H,4-5,8-9,16-17H2,1-3H3,(H,23,25). The summed E-state index contributed by atoms with van der Waals surface area (Å²) in [7, 11) is -3.66. The minimum absolute atomic E-state index is 0.300. The Kier molecular flexibility index (Phi) is 8.98. The number of amides is 1. The smallest absolute Gasteiger partial charge is 0.240 e. The number of carbonyl (C=O) groups excluding carboxylic acids is 1. The highest BCUT2D eigenvalue weighted by Crippen LogP contribution is 2.29. The maximum absolute atomic E-state index is 12.4. The van der Waals surface area contributed by atoms with Crippen LogP contribution in [0.4, 0.5) is 5.69 Å². The highest BCUT2D eigenvalue weighted by molar-refractivity contribution is 7.92. The Hall–Kier alpha value is -2.74. The van der Waals surface area contributed by atoms with E-state index in [-0.39, 0.29) is 12.5 Å². The molecule has 0 fully saturated rings. The summed E-state index contributed by atoms with van der Waals surface area (Å²) in [5, 5.41) is 2.80. The van der Waals surface area contributed by atoms with Gasteiger partial charge in [0.1, 0.15) is 18.0 Å². The van der Waals surface area contributed by atoms with Crippen LogP contribution in [0.2, 0.25) is 0 Å². The lowest BCUT2D eigenvalue weighted by Crippen LogP contribution is -2.40. The van der Waals surface area contributed by atoms with Crippen molar-refractivity contribution in [3.05, 3.63) is 54.1 Å². The first kappa shape index (κ1) is 23.5. The van der Waals surface area contributed by atoms with Crippen LogP contribution in [0.25, 0.3) is 0 Å². The van der Waals surface area contributed by atoms with E-state index in [1.54, 1.807) is 24.3 Å². The second-order valence-electron chi connectivity index (χ2n) is 6.70. The molecule has 0 aliphatic rings. The normalized spacial score (nSPS) is 11.0. The number of benzene rings is 2. The Morgan fingerprint density at radius 1 is 1.00 bits per heavy atom. The van der Waals surface area contributed by atoms with E-state index < -0.39 is 10.0 Å². The van der Waals surface area contributed by atoms with Crippen molar-refractivity contribution >= 4 is 21.6 Å². The maximum atomic E-state index is 12.4. The average Bonchev–Trinajstić information content (AvgIpc) is 2.71. The molecule has 2 aromatic rings. The monoisotopic (exact) mass is 434 g/mol. The van der Waals surface area contributed by atoms with E-state index in [9.17, 15) is 13.2 Å². The highest BCUT2D eigenvalue weighted by Gasteiger charge is 2.23. The molecule has 2 rings (SSSR count). The fourth-order valence-corrected chi connectivity index (χ4v) is 3.81. The maximum Gasteiger partial charge on any atom is 0.240 e. The summed E-state index contributed by atoms with van der Waals surface area (Å²) >= 11 is 0. The first-order valence-electron chi connectivity index (χ1n) is 10.0. The molecule has 0 aliphatic heterocycles. The number of sulfonamides is 1. The Morgan fingerprint density at radius 2 is 1.67 bits per heavy atom. The largest absolute Gasteiger partial charge is 0.494 e. The van der Waals surface area contributed by atoms with Crippen LogP contribution in [-0.2, 0) is 21.2 Å². The molecule has 1 amide bonds. The van der Waals surface area contributed by atoms with Gasteiger partial charge in [0.25, 0.3) is 0 Å². The van der Waals surface area contributed by atoms with Gasteiger partial charge in [0.05, 0.1) is 25.2 Å². The molecule has 1 N–H and O–H groups in total. The molecule has 0 radical (unpaired) electrons. The van der Waals surface area contributed by atoms with Crippen molar-refractivity contribution in [3.63, 3.8) is 0 Å². The van der Waals surface area contributed by atoms with Gasteiger partial charge >= 0.3 is 0 Å². The van der Waals surface area contributed by atoms with E-state index in [4.69, 9.17) is 9.47 Å². The van der Waals surface area contributed by atoms with Crippen molar-refractivity contribution in [2.75, 3.05) is 36.9 Å². The molecule has 0 aliphatic carbocycles. The van der Waals surface area contributed by atoms with E-state index in [1.807, 2.05) is 38.1 Å². The summed E-state index contributed by atoms with van der Waals surface area (Å²) in [4.78, 5) is 12.4. The summed E-state index contributed by atoms with van der Waals surface area (Å²) in [5.41, 5.74) is 1.50. The summed E-state index contributed by atoms with van der Waals surface area (Å²) < 4.78 is 36.6. The van der Waals surface area contributed by atoms with Gasteiger partial charge in [0.15, 0.2) is 0 Å².